The van der Waals surface area contributed by atoms with E-state index in [4.69, 9.17) is 15.6 Å². The Morgan fingerprint density at radius 3 is 2.80 bits per heavy atom. The minimum atomic E-state index is -0.614. The highest BCUT2D eigenvalue weighted by atomic mass is 16.5. The lowest BCUT2D eigenvalue weighted by molar-refractivity contribution is -0.149. The monoisotopic (exact) mass is 214 g/mol. The van der Waals surface area contributed by atoms with E-state index in [1.807, 2.05) is 6.92 Å². The molecule has 1 saturated heterocycles. The average molecular weight is 214 g/mol. The second kappa shape index (κ2) is 3.73. The molecule has 5 nitrogen and oxygen atoms in total. The molecule has 2 aliphatic rings. The van der Waals surface area contributed by atoms with Crippen LogP contribution in [0.25, 0.3) is 0 Å². The Morgan fingerprint density at radius 2 is 2.27 bits per heavy atom. The van der Waals surface area contributed by atoms with Gasteiger partial charge in [0.05, 0.1) is 24.4 Å². The molecule has 2 atom stereocenters. The van der Waals surface area contributed by atoms with Gasteiger partial charge in [0, 0.05) is 13.1 Å². The summed E-state index contributed by atoms with van der Waals surface area (Å²) in [5, 5.41) is 9.03. The third-order valence-corrected chi connectivity index (χ3v) is 3.03. The number of ether oxygens (including phenoxy) is 1. The summed E-state index contributed by atoms with van der Waals surface area (Å²) in [5.74, 6) is 0.0103. The van der Waals surface area contributed by atoms with E-state index in [0.29, 0.717) is 13.1 Å². The first-order valence-corrected chi connectivity index (χ1v) is 5.40. The Balaban J connectivity index is 1.99. The number of morpholine rings is 1. The van der Waals surface area contributed by atoms with Crippen molar-refractivity contribution in [3.05, 3.63) is 0 Å². The van der Waals surface area contributed by atoms with Gasteiger partial charge in [-0.15, -0.1) is 0 Å². The van der Waals surface area contributed by atoms with Crippen molar-refractivity contribution >= 4 is 5.91 Å². The summed E-state index contributed by atoms with van der Waals surface area (Å²) in [4.78, 5) is 13.7. The highest BCUT2D eigenvalue weighted by molar-refractivity contribution is 5.89. The summed E-state index contributed by atoms with van der Waals surface area (Å²) in [6.45, 7) is 2.89. The quantitative estimate of drug-likeness (QED) is 0.623. The molecule has 0 spiro atoms. The van der Waals surface area contributed by atoms with Crippen LogP contribution in [0.1, 0.15) is 19.8 Å². The van der Waals surface area contributed by atoms with Gasteiger partial charge >= 0.3 is 0 Å². The van der Waals surface area contributed by atoms with Gasteiger partial charge in [0.25, 0.3) is 0 Å². The van der Waals surface area contributed by atoms with E-state index in [2.05, 4.69) is 0 Å². The third kappa shape index (κ3) is 2.14. The Labute approximate surface area is 89.2 Å². The van der Waals surface area contributed by atoms with Crippen LogP contribution >= 0.6 is 0 Å². The van der Waals surface area contributed by atoms with Crippen molar-refractivity contribution in [1.82, 2.24) is 4.90 Å². The Bertz CT molecular complexity index is 265. The summed E-state index contributed by atoms with van der Waals surface area (Å²) in [7, 11) is 0. The van der Waals surface area contributed by atoms with E-state index in [1.54, 1.807) is 4.90 Å². The molecular formula is C10H18N2O3. The molecule has 1 saturated carbocycles. The topological polar surface area (TPSA) is 75.8 Å². The van der Waals surface area contributed by atoms with Crippen LogP contribution in [0.2, 0.25) is 0 Å². The van der Waals surface area contributed by atoms with Crippen LogP contribution in [0.15, 0.2) is 0 Å². The zero-order chi connectivity index (χ0) is 11.1. The lowest BCUT2D eigenvalue weighted by atomic mass is 10.1. The molecule has 0 bridgehead atoms. The number of hydrogen-bond acceptors (Lipinski definition) is 4. The van der Waals surface area contributed by atoms with Crippen LogP contribution in [-0.4, -0.2) is 53.4 Å². The van der Waals surface area contributed by atoms with Crippen LogP contribution in [-0.2, 0) is 9.53 Å². The second-order valence-corrected chi connectivity index (χ2v) is 4.62. The molecule has 5 heteroatoms. The predicted molar refractivity (Wildman–Crippen MR) is 54.2 cm³/mol. The Kier molecular flexibility index (Phi) is 2.70. The minimum absolute atomic E-state index is 0.0103. The summed E-state index contributed by atoms with van der Waals surface area (Å²) >= 11 is 0. The number of aliphatic hydroxyl groups excluding tert-OH is 1. The minimum Gasteiger partial charge on any atom is -0.394 e. The van der Waals surface area contributed by atoms with Crippen molar-refractivity contribution in [1.29, 1.82) is 0 Å². The van der Waals surface area contributed by atoms with Crippen LogP contribution in [0.3, 0.4) is 0 Å². The molecule has 86 valence electrons. The molecule has 1 aliphatic heterocycles. The van der Waals surface area contributed by atoms with E-state index >= 15 is 0 Å². The number of nitrogens with two attached hydrogens (primary N) is 1. The molecule has 2 unspecified atom stereocenters. The fourth-order valence-corrected chi connectivity index (χ4v) is 1.98. The number of amides is 1. The number of hydrogen-bond donors (Lipinski definition) is 2. The highest BCUT2D eigenvalue weighted by Gasteiger charge is 2.49. The van der Waals surface area contributed by atoms with Gasteiger partial charge in [0.2, 0.25) is 5.91 Å². The average Bonchev–Trinajstić information content (AvgIpc) is 2.95. The van der Waals surface area contributed by atoms with Gasteiger partial charge in [-0.3, -0.25) is 4.79 Å². The summed E-state index contributed by atoms with van der Waals surface area (Å²) < 4.78 is 5.46. The maximum atomic E-state index is 12.0. The molecule has 15 heavy (non-hydrogen) atoms. The van der Waals surface area contributed by atoms with Crippen molar-refractivity contribution in [3.8, 4) is 0 Å². The number of rotatable bonds is 2. The largest absolute Gasteiger partial charge is 0.394 e. The van der Waals surface area contributed by atoms with Crippen molar-refractivity contribution in [2.24, 2.45) is 5.73 Å². The third-order valence-electron chi connectivity index (χ3n) is 3.03. The van der Waals surface area contributed by atoms with Gasteiger partial charge in [-0.25, -0.2) is 0 Å². The summed E-state index contributed by atoms with van der Waals surface area (Å²) in [6, 6.07) is 0. The van der Waals surface area contributed by atoms with Crippen molar-refractivity contribution in [2.45, 2.75) is 37.5 Å². The van der Waals surface area contributed by atoms with E-state index in [1.165, 1.54) is 0 Å². The fraction of sp³-hybridized carbons (Fsp3) is 0.900. The van der Waals surface area contributed by atoms with E-state index in [-0.39, 0.29) is 24.7 Å². The molecule has 1 heterocycles. The molecule has 0 aromatic heterocycles. The Morgan fingerprint density at radius 1 is 1.60 bits per heavy atom. The lowest BCUT2D eigenvalue weighted by Gasteiger charge is -2.37. The molecule has 0 aromatic carbocycles. The standard InChI is InChI=1S/C10H18N2O3/c1-7-4-12(5-8(6-13)15-7)9(14)10(11)2-3-10/h7-8,13H,2-6,11H2,1H3. The number of nitrogens with zero attached hydrogens (tertiary/aromatic N) is 1. The highest BCUT2D eigenvalue weighted by Crippen LogP contribution is 2.34. The summed E-state index contributed by atoms with van der Waals surface area (Å²) in [5.41, 5.74) is 5.24. The zero-order valence-electron chi connectivity index (χ0n) is 8.98. The van der Waals surface area contributed by atoms with Gasteiger partial charge in [0.15, 0.2) is 0 Å². The maximum Gasteiger partial charge on any atom is 0.242 e. The number of carbonyl (C=O) groups excluding carboxylic acids is 1. The lowest BCUT2D eigenvalue weighted by Crippen LogP contribution is -2.55. The van der Waals surface area contributed by atoms with Crippen molar-refractivity contribution < 1.29 is 14.6 Å². The van der Waals surface area contributed by atoms with E-state index in [0.717, 1.165) is 12.8 Å². The number of aliphatic hydroxyl groups is 1. The fourth-order valence-electron chi connectivity index (χ4n) is 1.98. The Hall–Kier alpha value is -0.650. The first-order valence-electron chi connectivity index (χ1n) is 5.40. The summed E-state index contributed by atoms with van der Waals surface area (Å²) in [6.07, 6.45) is 1.27. The van der Waals surface area contributed by atoms with Gasteiger partial charge in [-0.2, -0.15) is 0 Å². The van der Waals surface area contributed by atoms with Crippen LogP contribution in [0, 0.1) is 0 Å². The molecule has 1 amide bonds. The first-order chi connectivity index (χ1) is 7.05. The number of carbonyl (C=O) groups is 1. The maximum absolute atomic E-state index is 12.0. The molecule has 1 aliphatic carbocycles. The smallest absolute Gasteiger partial charge is 0.242 e. The zero-order valence-corrected chi connectivity index (χ0v) is 8.98. The molecule has 0 aromatic rings. The van der Waals surface area contributed by atoms with E-state index < -0.39 is 5.54 Å². The molecular weight excluding hydrogens is 196 g/mol. The van der Waals surface area contributed by atoms with Crippen molar-refractivity contribution in [2.75, 3.05) is 19.7 Å². The van der Waals surface area contributed by atoms with Gasteiger partial charge in [-0.1, -0.05) is 0 Å². The molecule has 2 rings (SSSR count). The van der Waals surface area contributed by atoms with Gasteiger partial charge in [-0.05, 0) is 19.8 Å². The van der Waals surface area contributed by atoms with Gasteiger partial charge < -0.3 is 20.5 Å². The molecule has 0 radical (unpaired) electrons. The van der Waals surface area contributed by atoms with Crippen LogP contribution in [0.4, 0.5) is 0 Å². The SMILES string of the molecule is CC1CN(C(=O)C2(N)CC2)CC(CO)O1. The van der Waals surface area contributed by atoms with Crippen molar-refractivity contribution in [3.63, 3.8) is 0 Å². The first kappa shape index (κ1) is 10.9. The molecule has 2 fully saturated rings. The normalized spacial score (nSPS) is 33.9. The predicted octanol–water partition coefficient (Wildman–Crippen LogP) is -0.914. The van der Waals surface area contributed by atoms with Crippen LogP contribution < -0.4 is 5.73 Å². The van der Waals surface area contributed by atoms with Crippen LogP contribution in [0.5, 0.6) is 0 Å². The van der Waals surface area contributed by atoms with Gasteiger partial charge in [0.1, 0.15) is 0 Å². The van der Waals surface area contributed by atoms with E-state index in [9.17, 15) is 4.79 Å². The second-order valence-electron chi connectivity index (χ2n) is 4.62. The molecule has 3 N–H and O–H groups in total.